The number of benzene rings is 2. The smallest absolute Gasteiger partial charge is 0.291 e. The van der Waals surface area contributed by atoms with Crippen molar-refractivity contribution in [3.63, 3.8) is 0 Å². The number of para-hydroxylation sites is 1. The minimum atomic E-state index is -1.08. The number of halogens is 1. The van der Waals surface area contributed by atoms with Crippen molar-refractivity contribution in [2.45, 2.75) is 5.54 Å². The fourth-order valence-electron chi connectivity index (χ4n) is 4.60. The van der Waals surface area contributed by atoms with E-state index in [1.54, 1.807) is 24.3 Å². The molecule has 3 N–H and O–H groups in total. The van der Waals surface area contributed by atoms with Gasteiger partial charge in [-0.25, -0.2) is 4.90 Å². The van der Waals surface area contributed by atoms with E-state index in [2.05, 4.69) is 5.32 Å². The van der Waals surface area contributed by atoms with Gasteiger partial charge < -0.3 is 10.6 Å². The molecule has 0 saturated carbocycles. The molecule has 3 heterocycles. The first-order chi connectivity index (χ1) is 12.5. The molecule has 130 valence electrons. The molecule has 3 aliphatic heterocycles. The van der Waals surface area contributed by atoms with E-state index < -0.39 is 17.4 Å². The van der Waals surface area contributed by atoms with E-state index in [9.17, 15) is 14.4 Å². The van der Waals surface area contributed by atoms with Crippen LogP contribution in [0.1, 0.15) is 5.56 Å². The molecule has 3 amide bonds. The molecule has 5 rings (SSSR count). The van der Waals surface area contributed by atoms with Gasteiger partial charge >= 0.3 is 0 Å². The van der Waals surface area contributed by atoms with Crippen LogP contribution in [0.2, 0.25) is 5.02 Å². The average Bonchev–Trinajstić information content (AvgIpc) is 3.23. The number of fused-ring (bicyclic) bond motifs is 4. The summed E-state index contributed by atoms with van der Waals surface area (Å²) in [5.74, 6) is -2.10. The molecule has 2 aromatic carbocycles. The predicted molar refractivity (Wildman–Crippen MR) is 94.5 cm³/mol. The first kappa shape index (κ1) is 15.5. The molecular weight excluding hydrogens is 354 g/mol. The Kier molecular flexibility index (Phi) is 3.08. The third-order valence-corrected chi connectivity index (χ3v) is 5.91. The number of anilines is 2. The molecule has 6 nitrogen and oxygen atoms in total. The second kappa shape index (κ2) is 5.16. The topological polar surface area (TPSA) is 83.1 Å². The number of quaternary nitrogens is 1. The maximum atomic E-state index is 13.3. The highest BCUT2D eigenvalue weighted by atomic mass is 35.5. The van der Waals surface area contributed by atoms with E-state index in [1.165, 1.54) is 4.90 Å². The first-order valence-electron chi connectivity index (χ1n) is 8.43. The molecule has 7 heteroatoms. The monoisotopic (exact) mass is 368 g/mol. The highest BCUT2D eigenvalue weighted by Crippen LogP contribution is 2.48. The van der Waals surface area contributed by atoms with E-state index in [0.29, 0.717) is 22.9 Å². The second-order valence-corrected chi connectivity index (χ2v) is 7.32. The van der Waals surface area contributed by atoms with Crippen molar-refractivity contribution in [2.75, 3.05) is 16.8 Å². The van der Waals surface area contributed by atoms with Crippen LogP contribution >= 0.6 is 11.6 Å². The van der Waals surface area contributed by atoms with Crippen LogP contribution in [0.4, 0.5) is 11.4 Å². The summed E-state index contributed by atoms with van der Waals surface area (Å²) in [6.07, 6.45) is 0. The number of nitrogens with one attached hydrogen (secondary N) is 1. The predicted octanol–water partition coefficient (Wildman–Crippen LogP) is 0.870. The standard InChI is InChI=1S/C19H14ClN3O3/c20-10-4-3-5-11(8-10)23-16(24)12-9-21-19(15(12)17(23)25)13-6-1-2-7-14(13)22-18(19)26/h1-8,12,15,21H,9H2,(H,22,26)/p+1/t12-,15+,19-/m1/s1. The number of hydrogen-bond acceptors (Lipinski definition) is 3. The Balaban J connectivity index is 1.64. The van der Waals surface area contributed by atoms with Crippen LogP contribution in [0.5, 0.6) is 0 Å². The number of nitrogens with zero attached hydrogens (tertiary/aromatic N) is 1. The van der Waals surface area contributed by atoms with Gasteiger partial charge in [0.15, 0.2) is 0 Å². The fraction of sp³-hybridized carbons (Fsp3) is 0.211. The Morgan fingerprint density at radius 3 is 2.69 bits per heavy atom. The fourth-order valence-corrected chi connectivity index (χ4v) is 4.78. The van der Waals surface area contributed by atoms with Gasteiger partial charge in [0.25, 0.3) is 5.91 Å². The molecule has 3 atom stereocenters. The van der Waals surface area contributed by atoms with Crippen molar-refractivity contribution < 1.29 is 19.7 Å². The number of carbonyl (C=O) groups excluding carboxylic acids is 3. The van der Waals surface area contributed by atoms with Crippen LogP contribution < -0.4 is 15.5 Å². The number of hydrogen-bond donors (Lipinski definition) is 2. The van der Waals surface area contributed by atoms with Crippen LogP contribution in [0.3, 0.4) is 0 Å². The summed E-state index contributed by atoms with van der Waals surface area (Å²) in [7, 11) is 0. The SMILES string of the molecule is O=C1[C@@H]2[C@@H](C[NH2+][C@@]23C(=O)Nc2ccccc23)C(=O)N1c1cccc(Cl)c1. The highest BCUT2D eigenvalue weighted by Gasteiger charge is 2.71. The van der Waals surface area contributed by atoms with Crippen LogP contribution in [-0.2, 0) is 19.9 Å². The van der Waals surface area contributed by atoms with Gasteiger partial charge in [-0.1, -0.05) is 35.9 Å². The number of nitrogens with two attached hydrogens (primary N) is 1. The van der Waals surface area contributed by atoms with Gasteiger partial charge in [0.2, 0.25) is 17.4 Å². The van der Waals surface area contributed by atoms with Gasteiger partial charge in [0, 0.05) is 10.6 Å². The number of imide groups is 1. The van der Waals surface area contributed by atoms with E-state index in [-0.39, 0.29) is 17.7 Å². The lowest BCUT2D eigenvalue weighted by Gasteiger charge is -2.25. The summed E-state index contributed by atoms with van der Waals surface area (Å²) >= 11 is 6.03. The molecule has 0 unspecified atom stereocenters. The lowest BCUT2D eigenvalue weighted by atomic mass is 9.77. The number of amides is 3. The van der Waals surface area contributed by atoms with Gasteiger partial charge in [-0.05, 0) is 24.3 Å². The Labute approximate surface area is 154 Å². The molecule has 0 bridgehead atoms. The quantitative estimate of drug-likeness (QED) is 0.733. The van der Waals surface area contributed by atoms with Crippen molar-refractivity contribution >= 4 is 40.7 Å². The molecule has 2 fully saturated rings. The van der Waals surface area contributed by atoms with E-state index in [4.69, 9.17) is 11.6 Å². The molecule has 2 aromatic rings. The highest BCUT2D eigenvalue weighted by molar-refractivity contribution is 6.31. The molecule has 0 aromatic heterocycles. The Bertz CT molecular complexity index is 991. The van der Waals surface area contributed by atoms with Gasteiger partial charge in [-0.3, -0.25) is 14.4 Å². The summed E-state index contributed by atoms with van der Waals surface area (Å²) in [4.78, 5) is 40.4. The third-order valence-electron chi connectivity index (χ3n) is 5.67. The molecule has 1 spiro atoms. The van der Waals surface area contributed by atoms with E-state index >= 15 is 0 Å². The molecule has 3 aliphatic rings. The van der Waals surface area contributed by atoms with Gasteiger partial charge in [0.05, 0.1) is 17.9 Å². The van der Waals surface area contributed by atoms with E-state index in [0.717, 1.165) is 5.56 Å². The second-order valence-electron chi connectivity index (χ2n) is 6.88. The minimum absolute atomic E-state index is 0.236. The van der Waals surface area contributed by atoms with Crippen LogP contribution in [-0.4, -0.2) is 24.3 Å². The number of rotatable bonds is 1. The zero-order valence-electron chi connectivity index (χ0n) is 13.6. The van der Waals surface area contributed by atoms with Crippen molar-refractivity contribution in [3.8, 4) is 0 Å². The van der Waals surface area contributed by atoms with Gasteiger partial charge in [-0.2, -0.15) is 0 Å². The molecule has 0 aliphatic carbocycles. The summed E-state index contributed by atoms with van der Waals surface area (Å²) in [5.41, 5.74) is 0.840. The third kappa shape index (κ3) is 1.78. The summed E-state index contributed by atoms with van der Waals surface area (Å²) in [6.45, 7) is 0.397. The summed E-state index contributed by atoms with van der Waals surface area (Å²) in [6, 6.07) is 14.0. The maximum Gasteiger partial charge on any atom is 0.291 e. The normalized spacial score (nSPS) is 29.3. The number of carbonyl (C=O) groups is 3. The molecular formula is C19H15ClN3O3+. The summed E-state index contributed by atoms with van der Waals surface area (Å²) < 4.78 is 0. The van der Waals surface area contributed by atoms with Crippen molar-refractivity contribution in [1.29, 1.82) is 0 Å². The maximum absolute atomic E-state index is 13.3. The van der Waals surface area contributed by atoms with Crippen LogP contribution in [0.15, 0.2) is 48.5 Å². The lowest BCUT2D eigenvalue weighted by molar-refractivity contribution is -0.703. The van der Waals surface area contributed by atoms with Crippen molar-refractivity contribution in [1.82, 2.24) is 0 Å². The minimum Gasteiger partial charge on any atom is -0.328 e. The van der Waals surface area contributed by atoms with Crippen molar-refractivity contribution in [3.05, 3.63) is 59.1 Å². The zero-order chi connectivity index (χ0) is 18.1. The first-order valence-corrected chi connectivity index (χ1v) is 8.80. The zero-order valence-corrected chi connectivity index (χ0v) is 14.4. The molecule has 0 radical (unpaired) electrons. The van der Waals surface area contributed by atoms with Gasteiger partial charge in [0.1, 0.15) is 11.8 Å². The Morgan fingerprint density at radius 2 is 1.88 bits per heavy atom. The Hall–Kier alpha value is -2.70. The lowest BCUT2D eigenvalue weighted by Crippen LogP contribution is -2.95. The Morgan fingerprint density at radius 1 is 1.08 bits per heavy atom. The van der Waals surface area contributed by atoms with Crippen LogP contribution in [0, 0.1) is 11.8 Å². The largest absolute Gasteiger partial charge is 0.328 e. The van der Waals surface area contributed by atoms with Crippen LogP contribution in [0.25, 0.3) is 0 Å². The summed E-state index contributed by atoms with van der Waals surface area (Å²) in [5, 5.41) is 5.16. The van der Waals surface area contributed by atoms with E-state index in [1.807, 2.05) is 29.6 Å². The average molecular weight is 369 g/mol. The molecule has 26 heavy (non-hydrogen) atoms. The van der Waals surface area contributed by atoms with Gasteiger partial charge in [-0.15, -0.1) is 0 Å². The van der Waals surface area contributed by atoms with Crippen molar-refractivity contribution in [2.24, 2.45) is 11.8 Å². The molecule has 2 saturated heterocycles.